The van der Waals surface area contributed by atoms with Gasteiger partial charge in [-0.3, -0.25) is 4.57 Å². The molecule has 5 nitrogen and oxygen atoms in total. The zero-order chi connectivity index (χ0) is 18.0. The molecule has 0 spiro atoms. The Bertz CT molecular complexity index is 974. The van der Waals surface area contributed by atoms with Crippen LogP contribution in [0, 0.1) is 5.82 Å². The van der Waals surface area contributed by atoms with Gasteiger partial charge in [0.05, 0.1) is 11.2 Å². The number of anilines is 1. The Hall–Kier alpha value is -2.44. The molecule has 2 aromatic carbocycles. The molecular formula is C18H17ClFN3O2. The van der Waals surface area contributed by atoms with Gasteiger partial charge in [0.25, 0.3) is 0 Å². The number of fused-ring (bicyclic) bond motifs is 1. The number of rotatable bonds is 5. The van der Waals surface area contributed by atoms with Crippen molar-refractivity contribution < 1.29 is 9.50 Å². The van der Waals surface area contributed by atoms with E-state index in [1.54, 1.807) is 31.3 Å². The molecule has 0 unspecified atom stereocenters. The van der Waals surface area contributed by atoms with E-state index in [1.165, 1.54) is 22.8 Å². The Morgan fingerprint density at radius 1 is 1.28 bits per heavy atom. The van der Waals surface area contributed by atoms with Crippen LogP contribution >= 0.6 is 11.6 Å². The van der Waals surface area contributed by atoms with Crippen molar-refractivity contribution in [3.63, 3.8) is 0 Å². The molecule has 1 aromatic heterocycles. The quantitative estimate of drug-likeness (QED) is 0.759. The highest BCUT2D eigenvalue weighted by atomic mass is 35.5. The number of nitrogens with zero attached hydrogens (tertiary/aromatic N) is 3. The predicted octanol–water partition coefficient (Wildman–Crippen LogP) is 3.00. The van der Waals surface area contributed by atoms with E-state index in [4.69, 9.17) is 16.7 Å². The second-order valence-corrected chi connectivity index (χ2v) is 6.13. The summed E-state index contributed by atoms with van der Waals surface area (Å²) in [6.07, 6.45) is 0.556. The monoisotopic (exact) mass is 361 g/mol. The van der Waals surface area contributed by atoms with E-state index in [-0.39, 0.29) is 6.61 Å². The highest BCUT2D eigenvalue weighted by molar-refractivity contribution is 6.31. The first-order chi connectivity index (χ1) is 12.0. The number of halogens is 2. The van der Waals surface area contributed by atoms with Gasteiger partial charge in [0, 0.05) is 30.6 Å². The van der Waals surface area contributed by atoms with Crippen molar-refractivity contribution in [2.45, 2.75) is 6.42 Å². The lowest BCUT2D eigenvalue weighted by Crippen LogP contribution is -2.28. The average molecular weight is 362 g/mol. The van der Waals surface area contributed by atoms with Crippen LogP contribution in [0.25, 0.3) is 16.6 Å². The molecule has 0 aliphatic rings. The first-order valence-electron chi connectivity index (χ1n) is 7.81. The summed E-state index contributed by atoms with van der Waals surface area (Å²) < 4.78 is 15.0. The second-order valence-electron chi connectivity index (χ2n) is 5.69. The van der Waals surface area contributed by atoms with Crippen LogP contribution in [0.4, 0.5) is 10.2 Å². The molecule has 3 aromatic rings. The molecule has 25 heavy (non-hydrogen) atoms. The molecular weight excluding hydrogens is 345 g/mol. The van der Waals surface area contributed by atoms with Crippen molar-refractivity contribution in [3.05, 3.63) is 63.8 Å². The Morgan fingerprint density at radius 2 is 2.08 bits per heavy atom. The van der Waals surface area contributed by atoms with Crippen LogP contribution in [0.3, 0.4) is 0 Å². The molecule has 0 bridgehead atoms. The van der Waals surface area contributed by atoms with Crippen molar-refractivity contribution in [2.24, 2.45) is 0 Å². The topological polar surface area (TPSA) is 58.4 Å². The Kier molecular flexibility index (Phi) is 5.01. The van der Waals surface area contributed by atoms with E-state index in [1.807, 2.05) is 4.90 Å². The van der Waals surface area contributed by atoms with Gasteiger partial charge >= 0.3 is 5.69 Å². The van der Waals surface area contributed by atoms with E-state index < -0.39 is 11.5 Å². The number of aromatic nitrogens is 2. The van der Waals surface area contributed by atoms with Crippen LogP contribution in [0.2, 0.25) is 5.02 Å². The highest BCUT2D eigenvalue weighted by Gasteiger charge is 2.15. The molecule has 0 atom stereocenters. The summed E-state index contributed by atoms with van der Waals surface area (Å²) in [6.45, 7) is 0.596. The first kappa shape index (κ1) is 17.4. The van der Waals surface area contributed by atoms with E-state index in [9.17, 15) is 9.18 Å². The molecule has 0 aliphatic carbocycles. The molecule has 7 heteroatoms. The SMILES string of the molecule is CN(CCCO)c1nc(=O)n(-c2cccc(F)c2)c2cc(Cl)ccc12. The number of aliphatic hydroxyl groups is 1. The Morgan fingerprint density at radius 3 is 2.80 bits per heavy atom. The largest absolute Gasteiger partial charge is 0.396 e. The molecule has 0 aliphatic heterocycles. The zero-order valence-electron chi connectivity index (χ0n) is 13.6. The standard InChI is InChI=1S/C18H17ClFN3O2/c1-22(8-3-9-24)17-15-7-6-12(19)10-16(15)23(18(25)21-17)14-5-2-4-13(20)11-14/h2,4-7,10-11,24H,3,8-9H2,1H3. The van der Waals surface area contributed by atoms with Crippen molar-refractivity contribution in [1.29, 1.82) is 0 Å². The lowest BCUT2D eigenvalue weighted by molar-refractivity contribution is 0.290. The zero-order valence-corrected chi connectivity index (χ0v) is 14.4. The molecule has 0 radical (unpaired) electrons. The van der Waals surface area contributed by atoms with Crippen molar-refractivity contribution >= 4 is 28.3 Å². The lowest BCUT2D eigenvalue weighted by atomic mass is 10.2. The number of hydrogen-bond donors (Lipinski definition) is 1. The summed E-state index contributed by atoms with van der Waals surface area (Å²) in [4.78, 5) is 18.7. The first-order valence-corrected chi connectivity index (χ1v) is 8.19. The van der Waals surface area contributed by atoms with Crippen LogP contribution in [0.1, 0.15) is 6.42 Å². The third-order valence-corrected chi connectivity index (χ3v) is 4.15. The molecule has 3 rings (SSSR count). The number of hydrogen-bond acceptors (Lipinski definition) is 4. The maximum Gasteiger partial charge on any atom is 0.354 e. The molecule has 1 N–H and O–H groups in total. The third kappa shape index (κ3) is 3.50. The van der Waals surface area contributed by atoms with Crippen LogP contribution < -0.4 is 10.6 Å². The highest BCUT2D eigenvalue weighted by Crippen LogP contribution is 2.27. The maximum atomic E-state index is 13.6. The third-order valence-electron chi connectivity index (χ3n) is 3.91. The van der Waals surface area contributed by atoms with Gasteiger partial charge in [-0.15, -0.1) is 0 Å². The summed E-state index contributed by atoms with van der Waals surface area (Å²) in [5.74, 6) is 0.0569. The predicted molar refractivity (Wildman–Crippen MR) is 97.3 cm³/mol. The Labute approximate surface area is 148 Å². The van der Waals surface area contributed by atoms with Gasteiger partial charge in [0.2, 0.25) is 0 Å². The van der Waals surface area contributed by atoms with Crippen molar-refractivity contribution in [1.82, 2.24) is 9.55 Å². The van der Waals surface area contributed by atoms with E-state index >= 15 is 0 Å². The molecule has 0 saturated heterocycles. The van der Waals surface area contributed by atoms with E-state index in [0.717, 1.165) is 0 Å². The van der Waals surface area contributed by atoms with Gasteiger partial charge in [0.1, 0.15) is 11.6 Å². The minimum Gasteiger partial charge on any atom is -0.396 e. The summed E-state index contributed by atoms with van der Waals surface area (Å²) in [5, 5.41) is 10.2. The summed E-state index contributed by atoms with van der Waals surface area (Å²) in [5.41, 5.74) is 0.407. The molecule has 1 heterocycles. The van der Waals surface area contributed by atoms with E-state index in [0.29, 0.717) is 40.4 Å². The lowest BCUT2D eigenvalue weighted by Gasteiger charge is -2.21. The average Bonchev–Trinajstić information content (AvgIpc) is 2.58. The number of benzene rings is 2. The summed E-state index contributed by atoms with van der Waals surface area (Å²) >= 11 is 6.12. The fourth-order valence-electron chi connectivity index (χ4n) is 2.75. The van der Waals surface area contributed by atoms with Gasteiger partial charge in [-0.25, -0.2) is 9.18 Å². The second kappa shape index (κ2) is 7.21. The van der Waals surface area contributed by atoms with Crippen LogP contribution in [0.15, 0.2) is 47.3 Å². The van der Waals surface area contributed by atoms with Crippen LogP contribution in [-0.4, -0.2) is 34.9 Å². The molecule has 0 fully saturated rings. The molecule has 0 saturated carbocycles. The fraction of sp³-hybridized carbons (Fsp3) is 0.222. The Balaban J connectivity index is 2.28. The molecule has 0 amide bonds. The smallest absolute Gasteiger partial charge is 0.354 e. The minimum absolute atomic E-state index is 0.0501. The van der Waals surface area contributed by atoms with Crippen molar-refractivity contribution in [3.8, 4) is 5.69 Å². The van der Waals surface area contributed by atoms with Gasteiger partial charge in [-0.2, -0.15) is 4.98 Å². The number of aliphatic hydroxyl groups excluding tert-OH is 1. The minimum atomic E-state index is -0.522. The van der Waals surface area contributed by atoms with Gasteiger partial charge in [-0.1, -0.05) is 17.7 Å². The maximum absolute atomic E-state index is 13.6. The van der Waals surface area contributed by atoms with Gasteiger partial charge < -0.3 is 10.0 Å². The van der Waals surface area contributed by atoms with E-state index in [2.05, 4.69) is 4.98 Å². The van der Waals surface area contributed by atoms with Gasteiger partial charge in [0.15, 0.2) is 0 Å². The fourth-order valence-corrected chi connectivity index (χ4v) is 2.92. The van der Waals surface area contributed by atoms with Crippen LogP contribution in [-0.2, 0) is 0 Å². The summed E-state index contributed by atoms with van der Waals surface area (Å²) in [7, 11) is 1.80. The molecule has 130 valence electrons. The van der Waals surface area contributed by atoms with Gasteiger partial charge in [-0.05, 0) is 42.8 Å². The normalized spacial score (nSPS) is 11.0. The summed E-state index contributed by atoms with van der Waals surface area (Å²) in [6, 6.07) is 10.9. The van der Waals surface area contributed by atoms with Crippen LogP contribution in [0.5, 0.6) is 0 Å². The van der Waals surface area contributed by atoms with Crippen molar-refractivity contribution in [2.75, 3.05) is 25.1 Å².